The maximum absolute atomic E-state index is 5.81. The van der Waals surface area contributed by atoms with E-state index < -0.39 is 0 Å². The highest BCUT2D eigenvalue weighted by Crippen LogP contribution is 2.19. The first-order valence-corrected chi connectivity index (χ1v) is 6.61. The zero-order chi connectivity index (χ0) is 12.2. The molecule has 0 amide bonds. The highest BCUT2D eigenvalue weighted by Gasteiger charge is 2.10. The van der Waals surface area contributed by atoms with Crippen molar-refractivity contribution in [1.29, 1.82) is 0 Å². The summed E-state index contributed by atoms with van der Waals surface area (Å²) in [6.07, 6.45) is 6.36. The third-order valence-electron chi connectivity index (χ3n) is 3.49. The Labute approximate surface area is 107 Å². The molecule has 3 heteroatoms. The maximum atomic E-state index is 5.81. The first-order valence-electron chi connectivity index (χ1n) is 6.61. The lowest BCUT2D eigenvalue weighted by molar-refractivity contribution is 0.238. The number of rotatable bonds is 4. The molecule has 1 fully saturated rings. The number of likely N-dealkylation sites (tertiary alicyclic amines) is 1. The molecule has 0 radical (unpaired) electrons. The quantitative estimate of drug-likeness (QED) is 0.824. The van der Waals surface area contributed by atoms with Gasteiger partial charge in [-0.25, -0.2) is 0 Å². The van der Waals surface area contributed by atoms with Gasteiger partial charge in [0.15, 0.2) is 0 Å². The van der Waals surface area contributed by atoms with Gasteiger partial charge in [0.2, 0.25) is 0 Å². The van der Waals surface area contributed by atoms with Crippen LogP contribution in [0.4, 0.5) is 0 Å². The van der Waals surface area contributed by atoms with E-state index in [0.29, 0.717) is 0 Å². The van der Waals surface area contributed by atoms with Crippen molar-refractivity contribution < 1.29 is 4.74 Å². The highest BCUT2D eigenvalue weighted by atomic mass is 16.5. The standard InChI is InChI=1S/C15H18N2O/c1-2-8-17(7-1)9-10-18-15-4-3-13-5-6-16-12-14(13)11-15/h3-6,11-12H,1-2,7-10H2. The second-order valence-corrected chi connectivity index (χ2v) is 4.78. The first kappa shape index (κ1) is 11.5. The molecule has 0 aliphatic carbocycles. The van der Waals surface area contributed by atoms with Gasteiger partial charge in [0, 0.05) is 24.3 Å². The number of aromatic nitrogens is 1. The van der Waals surface area contributed by atoms with Crippen molar-refractivity contribution >= 4 is 10.8 Å². The zero-order valence-electron chi connectivity index (χ0n) is 10.5. The van der Waals surface area contributed by atoms with Crippen LogP contribution in [0.5, 0.6) is 5.75 Å². The molecule has 0 N–H and O–H groups in total. The third kappa shape index (κ3) is 2.62. The lowest BCUT2D eigenvalue weighted by Gasteiger charge is -2.15. The van der Waals surface area contributed by atoms with E-state index in [2.05, 4.69) is 22.0 Å². The fourth-order valence-electron chi connectivity index (χ4n) is 2.45. The average molecular weight is 242 g/mol. The van der Waals surface area contributed by atoms with Crippen LogP contribution in [-0.4, -0.2) is 36.1 Å². The van der Waals surface area contributed by atoms with Crippen molar-refractivity contribution in [2.24, 2.45) is 0 Å². The molecular formula is C15H18N2O. The smallest absolute Gasteiger partial charge is 0.120 e. The van der Waals surface area contributed by atoms with E-state index in [1.807, 2.05) is 24.5 Å². The molecule has 94 valence electrons. The summed E-state index contributed by atoms with van der Waals surface area (Å²) in [7, 11) is 0. The maximum Gasteiger partial charge on any atom is 0.120 e. The zero-order valence-corrected chi connectivity index (χ0v) is 10.5. The molecule has 18 heavy (non-hydrogen) atoms. The molecule has 3 rings (SSSR count). The third-order valence-corrected chi connectivity index (χ3v) is 3.49. The summed E-state index contributed by atoms with van der Waals surface area (Å²) in [4.78, 5) is 6.59. The summed E-state index contributed by atoms with van der Waals surface area (Å²) in [5.74, 6) is 0.940. The number of hydrogen-bond acceptors (Lipinski definition) is 3. The van der Waals surface area contributed by atoms with E-state index in [0.717, 1.165) is 24.3 Å². The second-order valence-electron chi connectivity index (χ2n) is 4.78. The van der Waals surface area contributed by atoms with Crippen LogP contribution < -0.4 is 4.74 Å². The Kier molecular flexibility index (Phi) is 3.42. The number of benzene rings is 1. The largest absolute Gasteiger partial charge is 0.492 e. The van der Waals surface area contributed by atoms with Gasteiger partial charge in [0.25, 0.3) is 0 Å². The minimum atomic E-state index is 0.770. The number of ether oxygens (including phenoxy) is 1. The molecular weight excluding hydrogens is 224 g/mol. The van der Waals surface area contributed by atoms with Crippen LogP contribution in [0.25, 0.3) is 10.8 Å². The molecule has 2 aromatic rings. The molecule has 0 saturated carbocycles. The Morgan fingerprint density at radius 1 is 1.11 bits per heavy atom. The summed E-state index contributed by atoms with van der Waals surface area (Å²) in [5, 5.41) is 2.34. The fourth-order valence-corrected chi connectivity index (χ4v) is 2.45. The van der Waals surface area contributed by atoms with Crippen LogP contribution in [0.1, 0.15) is 12.8 Å². The van der Waals surface area contributed by atoms with Crippen LogP contribution in [-0.2, 0) is 0 Å². The first-order chi connectivity index (χ1) is 8.92. The lowest BCUT2D eigenvalue weighted by atomic mass is 10.2. The van der Waals surface area contributed by atoms with Crippen LogP contribution >= 0.6 is 0 Å². The summed E-state index contributed by atoms with van der Waals surface area (Å²) >= 11 is 0. The van der Waals surface area contributed by atoms with E-state index in [4.69, 9.17) is 4.74 Å². The van der Waals surface area contributed by atoms with Gasteiger partial charge < -0.3 is 4.74 Å². The Morgan fingerprint density at radius 2 is 2.00 bits per heavy atom. The fraction of sp³-hybridized carbons (Fsp3) is 0.400. The molecule has 1 aliphatic rings. The molecule has 1 aromatic heterocycles. The van der Waals surface area contributed by atoms with E-state index in [-0.39, 0.29) is 0 Å². The molecule has 1 aliphatic heterocycles. The van der Waals surface area contributed by atoms with Crippen molar-refractivity contribution in [3.8, 4) is 5.75 Å². The van der Waals surface area contributed by atoms with Gasteiger partial charge in [-0.05, 0) is 49.5 Å². The van der Waals surface area contributed by atoms with Crippen molar-refractivity contribution in [2.75, 3.05) is 26.2 Å². The van der Waals surface area contributed by atoms with Crippen LogP contribution in [0.15, 0.2) is 36.7 Å². The minimum absolute atomic E-state index is 0.770. The topological polar surface area (TPSA) is 25.4 Å². The van der Waals surface area contributed by atoms with Crippen LogP contribution in [0, 0.1) is 0 Å². The predicted molar refractivity (Wildman–Crippen MR) is 72.9 cm³/mol. The van der Waals surface area contributed by atoms with Crippen molar-refractivity contribution in [2.45, 2.75) is 12.8 Å². The normalized spacial score (nSPS) is 16.2. The van der Waals surface area contributed by atoms with Gasteiger partial charge in [0.05, 0.1) is 0 Å². The monoisotopic (exact) mass is 242 g/mol. The summed E-state index contributed by atoms with van der Waals surface area (Å²) in [5.41, 5.74) is 0. The van der Waals surface area contributed by atoms with Crippen molar-refractivity contribution in [1.82, 2.24) is 9.88 Å². The molecule has 1 aromatic carbocycles. The molecule has 0 bridgehead atoms. The Bertz CT molecular complexity index is 521. The molecule has 1 saturated heterocycles. The molecule has 3 nitrogen and oxygen atoms in total. The van der Waals surface area contributed by atoms with Crippen LogP contribution in [0.3, 0.4) is 0 Å². The number of fused-ring (bicyclic) bond motifs is 1. The summed E-state index contributed by atoms with van der Waals surface area (Å²) in [6, 6.07) is 8.20. The van der Waals surface area contributed by atoms with Gasteiger partial charge in [-0.15, -0.1) is 0 Å². The van der Waals surface area contributed by atoms with Gasteiger partial charge in [-0.3, -0.25) is 9.88 Å². The molecule has 0 unspecified atom stereocenters. The highest BCUT2D eigenvalue weighted by molar-refractivity contribution is 5.82. The van der Waals surface area contributed by atoms with Gasteiger partial charge in [0.1, 0.15) is 12.4 Å². The van der Waals surface area contributed by atoms with E-state index in [1.54, 1.807) is 0 Å². The van der Waals surface area contributed by atoms with Crippen LogP contribution in [0.2, 0.25) is 0 Å². The van der Waals surface area contributed by atoms with E-state index in [1.165, 1.54) is 31.3 Å². The average Bonchev–Trinajstić information content (AvgIpc) is 2.92. The Morgan fingerprint density at radius 3 is 2.89 bits per heavy atom. The van der Waals surface area contributed by atoms with Gasteiger partial charge in [-0.1, -0.05) is 6.07 Å². The van der Waals surface area contributed by atoms with E-state index >= 15 is 0 Å². The van der Waals surface area contributed by atoms with Gasteiger partial charge in [-0.2, -0.15) is 0 Å². The number of hydrogen-bond donors (Lipinski definition) is 0. The van der Waals surface area contributed by atoms with Crippen molar-refractivity contribution in [3.05, 3.63) is 36.7 Å². The lowest BCUT2D eigenvalue weighted by Crippen LogP contribution is -2.25. The minimum Gasteiger partial charge on any atom is -0.492 e. The summed E-state index contributed by atoms with van der Waals surface area (Å²) < 4.78 is 5.81. The number of nitrogens with zero attached hydrogens (tertiary/aromatic N) is 2. The van der Waals surface area contributed by atoms with Gasteiger partial charge >= 0.3 is 0 Å². The van der Waals surface area contributed by atoms with E-state index in [9.17, 15) is 0 Å². The second kappa shape index (κ2) is 5.36. The Balaban J connectivity index is 1.60. The van der Waals surface area contributed by atoms with Crippen molar-refractivity contribution in [3.63, 3.8) is 0 Å². The molecule has 0 atom stereocenters. The molecule has 2 heterocycles. The molecule has 0 spiro atoms. The number of pyridine rings is 1. The SMILES string of the molecule is c1cc2ccc(OCCN3CCCC3)cc2cn1. The summed E-state index contributed by atoms with van der Waals surface area (Å²) in [6.45, 7) is 4.26. The predicted octanol–water partition coefficient (Wildman–Crippen LogP) is 2.71. The Hall–Kier alpha value is -1.61.